The average Bonchev–Trinajstić information content (AvgIpc) is 3.21. The number of hydrogen-bond donors (Lipinski definition) is 0. The molecule has 0 amide bonds. The second-order valence-corrected chi connectivity index (χ2v) is 9.29. The number of hydrogen-bond acceptors (Lipinski definition) is 15. The molecule has 3 saturated heterocycles. The van der Waals surface area contributed by atoms with Crippen LogP contribution in [0.5, 0.6) is 0 Å². The molecule has 3 rings (SSSR count). The van der Waals surface area contributed by atoms with E-state index in [1.165, 1.54) is 0 Å². The number of rotatable bonds is 9. The maximum absolute atomic E-state index is 13.5. The van der Waals surface area contributed by atoms with Gasteiger partial charge in [0.2, 0.25) is 6.36 Å². The summed E-state index contributed by atoms with van der Waals surface area (Å²) in [6.45, 7) is -2.27. The van der Waals surface area contributed by atoms with Crippen molar-refractivity contribution in [1.29, 1.82) is 0 Å². The first kappa shape index (κ1) is 23.2. The van der Waals surface area contributed by atoms with Crippen LogP contribution in [0.25, 0.3) is 0 Å². The first-order valence-corrected chi connectivity index (χ1v) is 11.7. The summed E-state index contributed by atoms with van der Waals surface area (Å²) < 4.78 is 121. The van der Waals surface area contributed by atoms with Crippen LogP contribution >= 0.6 is 0 Å². The van der Waals surface area contributed by atoms with E-state index in [0.717, 1.165) is 0 Å². The van der Waals surface area contributed by atoms with Gasteiger partial charge in [-0.2, -0.15) is 25.3 Å². The van der Waals surface area contributed by atoms with Crippen molar-refractivity contribution in [3.63, 3.8) is 0 Å². The summed E-state index contributed by atoms with van der Waals surface area (Å²) in [5.41, 5.74) is 0. The predicted molar refractivity (Wildman–Crippen MR) is 82.9 cm³/mol. The standard InChI is InChI=1S/C9H14BFO15S3/c11-9-8(25-29(16,17)26-9)5-20-10(18-1-6-3-21-27(12,13)23-6)19-2-7-4-22-28(14,15)24-7/h6-9H,1-5H2. The van der Waals surface area contributed by atoms with Gasteiger partial charge in [0.05, 0.1) is 33.0 Å². The fraction of sp³-hybridized carbons (Fsp3) is 1.00. The van der Waals surface area contributed by atoms with Gasteiger partial charge in [0, 0.05) is 0 Å². The van der Waals surface area contributed by atoms with Crippen molar-refractivity contribution in [2.45, 2.75) is 24.7 Å². The molecule has 0 N–H and O–H groups in total. The van der Waals surface area contributed by atoms with Crippen molar-refractivity contribution >= 4 is 38.5 Å². The normalized spacial score (nSPS) is 35.1. The number of halogens is 1. The SMILES string of the molecule is O=S1(=O)OCC(COB(OCC2COS(=O)(=O)O2)OCC2OS(=O)(=O)OC2F)O1. The third-order valence-electron chi connectivity index (χ3n) is 3.28. The highest BCUT2D eigenvalue weighted by molar-refractivity contribution is 7.82. The Kier molecular flexibility index (Phi) is 7.12. The molecule has 0 aromatic carbocycles. The summed E-state index contributed by atoms with van der Waals surface area (Å²) in [7, 11) is -14.4. The minimum Gasteiger partial charge on any atom is -0.383 e. The van der Waals surface area contributed by atoms with Gasteiger partial charge >= 0.3 is 38.5 Å². The smallest absolute Gasteiger partial charge is 0.383 e. The summed E-state index contributed by atoms with van der Waals surface area (Å²) in [4.78, 5) is 0. The van der Waals surface area contributed by atoms with Crippen LogP contribution in [0.15, 0.2) is 0 Å². The molecular weight excluding hydrogens is 474 g/mol. The minimum absolute atomic E-state index is 0.350. The molecule has 3 fully saturated rings. The monoisotopic (exact) mass is 488 g/mol. The molecule has 15 nitrogen and oxygen atoms in total. The van der Waals surface area contributed by atoms with E-state index < -0.39 is 83.0 Å². The largest absolute Gasteiger partial charge is 0.639 e. The van der Waals surface area contributed by atoms with Crippen LogP contribution < -0.4 is 0 Å². The molecule has 3 aliphatic heterocycles. The summed E-state index contributed by atoms with van der Waals surface area (Å²) in [6, 6.07) is 0. The minimum atomic E-state index is -4.51. The first-order valence-electron chi connectivity index (χ1n) is 7.69. The molecular formula is C9H14BFO15S3. The quantitative estimate of drug-likeness (QED) is 0.305. The maximum atomic E-state index is 13.5. The lowest BCUT2D eigenvalue weighted by Crippen LogP contribution is -2.38. The fourth-order valence-corrected chi connectivity index (χ4v) is 4.58. The average molecular weight is 488 g/mol. The highest BCUT2D eigenvalue weighted by Gasteiger charge is 2.42. The van der Waals surface area contributed by atoms with Crippen molar-refractivity contribution in [2.24, 2.45) is 0 Å². The summed E-state index contributed by atoms with van der Waals surface area (Å²) in [6.07, 6.45) is -6.08. The van der Waals surface area contributed by atoms with Gasteiger partial charge in [-0.15, -0.1) is 0 Å². The van der Waals surface area contributed by atoms with Crippen molar-refractivity contribution < 1.29 is 68.7 Å². The zero-order valence-corrected chi connectivity index (χ0v) is 16.6. The van der Waals surface area contributed by atoms with E-state index in [-0.39, 0.29) is 13.2 Å². The second-order valence-electron chi connectivity index (χ2n) is 5.60. The summed E-state index contributed by atoms with van der Waals surface area (Å²) in [5.74, 6) is 0. The van der Waals surface area contributed by atoms with E-state index in [9.17, 15) is 29.6 Å². The van der Waals surface area contributed by atoms with Crippen LogP contribution in [0, 0.1) is 0 Å². The number of alkyl halides is 1. The Morgan fingerprint density at radius 3 is 1.59 bits per heavy atom. The molecule has 3 heterocycles. The first-order chi connectivity index (χ1) is 13.4. The molecule has 4 unspecified atom stereocenters. The molecule has 29 heavy (non-hydrogen) atoms. The third kappa shape index (κ3) is 7.00. The van der Waals surface area contributed by atoms with Gasteiger partial charge < -0.3 is 14.0 Å². The summed E-state index contributed by atoms with van der Waals surface area (Å²) >= 11 is 0. The lowest BCUT2D eigenvalue weighted by molar-refractivity contribution is -0.0127. The second kappa shape index (κ2) is 8.92. The molecule has 4 atom stereocenters. The highest BCUT2D eigenvalue weighted by atomic mass is 32.3. The van der Waals surface area contributed by atoms with E-state index in [2.05, 4.69) is 25.1 Å². The van der Waals surface area contributed by atoms with Crippen LogP contribution in [-0.2, 0) is 70.3 Å². The van der Waals surface area contributed by atoms with Crippen LogP contribution in [0.4, 0.5) is 4.39 Å². The summed E-state index contributed by atoms with van der Waals surface area (Å²) in [5, 5.41) is 0. The van der Waals surface area contributed by atoms with Gasteiger partial charge in [0.15, 0.2) is 6.10 Å². The van der Waals surface area contributed by atoms with Crippen LogP contribution in [0.2, 0.25) is 0 Å². The maximum Gasteiger partial charge on any atom is 0.639 e. The molecule has 0 saturated carbocycles. The van der Waals surface area contributed by atoms with Crippen molar-refractivity contribution in [2.75, 3.05) is 33.0 Å². The van der Waals surface area contributed by atoms with Crippen LogP contribution in [0.1, 0.15) is 0 Å². The Labute approximate surface area is 165 Å². The van der Waals surface area contributed by atoms with Crippen molar-refractivity contribution in [1.82, 2.24) is 0 Å². The molecule has 168 valence electrons. The van der Waals surface area contributed by atoms with E-state index in [1.807, 2.05) is 0 Å². The van der Waals surface area contributed by atoms with E-state index in [1.54, 1.807) is 0 Å². The lowest BCUT2D eigenvalue weighted by Gasteiger charge is -2.18. The van der Waals surface area contributed by atoms with Gasteiger partial charge in [0.1, 0.15) is 12.2 Å². The van der Waals surface area contributed by atoms with Gasteiger partial charge in [-0.05, 0) is 0 Å². The molecule has 0 aliphatic carbocycles. The molecule has 20 heteroatoms. The van der Waals surface area contributed by atoms with E-state index in [0.29, 0.717) is 0 Å². The highest BCUT2D eigenvalue weighted by Crippen LogP contribution is 2.22. The van der Waals surface area contributed by atoms with Gasteiger partial charge in [-0.1, -0.05) is 0 Å². The van der Waals surface area contributed by atoms with E-state index >= 15 is 0 Å². The van der Waals surface area contributed by atoms with Crippen molar-refractivity contribution in [3.05, 3.63) is 0 Å². The molecule has 0 aromatic rings. The predicted octanol–water partition coefficient (Wildman–Crippen LogP) is -2.70. The zero-order chi connectivity index (χ0) is 21.3. The Balaban J connectivity index is 1.52. The molecule has 3 aliphatic rings. The molecule has 0 aromatic heterocycles. The van der Waals surface area contributed by atoms with Crippen molar-refractivity contribution in [3.8, 4) is 0 Å². The molecule has 0 bridgehead atoms. The Bertz CT molecular complexity index is 842. The lowest BCUT2D eigenvalue weighted by atomic mass is 10.2. The van der Waals surface area contributed by atoms with Gasteiger partial charge in [-0.3, -0.25) is 0 Å². The van der Waals surface area contributed by atoms with Crippen LogP contribution in [0.3, 0.4) is 0 Å². The van der Waals surface area contributed by atoms with Crippen LogP contribution in [-0.4, -0.2) is 90.3 Å². The zero-order valence-electron chi connectivity index (χ0n) is 14.1. The van der Waals surface area contributed by atoms with E-state index in [4.69, 9.17) is 14.0 Å². The Morgan fingerprint density at radius 1 is 0.724 bits per heavy atom. The molecule has 0 radical (unpaired) electrons. The Morgan fingerprint density at radius 2 is 1.21 bits per heavy atom. The van der Waals surface area contributed by atoms with Gasteiger partial charge in [-0.25, -0.2) is 29.5 Å². The topological polar surface area (TPSA) is 185 Å². The van der Waals surface area contributed by atoms with Gasteiger partial charge in [0.25, 0.3) is 0 Å². The third-order valence-corrected chi connectivity index (χ3v) is 6.05. The Hall–Kier alpha value is -0.515. The fourth-order valence-electron chi connectivity index (χ4n) is 2.10. The molecule has 0 spiro atoms.